The Bertz CT molecular complexity index is 1520. The van der Waals surface area contributed by atoms with Crippen LogP contribution in [0.5, 0.6) is 5.75 Å². The average Bonchev–Trinajstić information content (AvgIpc) is 3.38. The molecular weight excluding hydrogens is 502 g/mol. The Kier molecular flexibility index (Phi) is 5.96. The molecular formula is C26H18ClN3O7. The smallest absolute Gasteiger partial charge is 0.316 e. The van der Waals surface area contributed by atoms with Gasteiger partial charge in [0.15, 0.2) is 0 Å². The van der Waals surface area contributed by atoms with Crippen LogP contribution in [0.4, 0.5) is 17.1 Å². The maximum absolute atomic E-state index is 13.0. The number of imide groups is 1. The molecule has 0 aliphatic carbocycles. The van der Waals surface area contributed by atoms with E-state index in [4.69, 9.17) is 16.3 Å². The zero-order valence-corrected chi connectivity index (χ0v) is 20.1. The predicted molar refractivity (Wildman–Crippen MR) is 133 cm³/mol. The molecule has 3 aromatic carbocycles. The van der Waals surface area contributed by atoms with E-state index in [2.05, 4.69) is 0 Å². The summed E-state index contributed by atoms with van der Waals surface area (Å²) in [6.07, 6.45) is -0.0495. The fourth-order valence-corrected chi connectivity index (χ4v) is 4.58. The first kappa shape index (κ1) is 24.1. The normalized spacial score (nSPS) is 16.8. The number of hydrogen-bond acceptors (Lipinski definition) is 7. The van der Waals surface area contributed by atoms with Gasteiger partial charge < -0.3 is 9.64 Å². The van der Waals surface area contributed by atoms with E-state index in [0.717, 1.165) is 16.5 Å². The molecule has 1 atom stereocenters. The summed E-state index contributed by atoms with van der Waals surface area (Å²) in [6.45, 7) is 1.95. The lowest BCUT2D eigenvalue weighted by Gasteiger charge is -2.18. The fourth-order valence-electron chi connectivity index (χ4n) is 4.40. The van der Waals surface area contributed by atoms with Crippen molar-refractivity contribution in [1.29, 1.82) is 0 Å². The molecule has 5 rings (SSSR count). The minimum Gasteiger partial charge on any atom is -0.426 e. The molecule has 2 heterocycles. The van der Waals surface area contributed by atoms with Crippen molar-refractivity contribution in [2.75, 3.05) is 16.3 Å². The van der Waals surface area contributed by atoms with Gasteiger partial charge in [-0.05, 0) is 42.8 Å². The molecule has 1 fully saturated rings. The van der Waals surface area contributed by atoms with Crippen molar-refractivity contribution >= 4 is 52.4 Å². The molecule has 0 saturated carbocycles. The number of carbonyl (C=O) groups is 4. The van der Waals surface area contributed by atoms with E-state index in [1.807, 2.05) is 6.92 Å². The second-order valence-corrected chi connectivity index (χ2v) is 9.07. The number of aryl methyl sites for hydroxylation is 1. The van der Waals surface area contributed by atoms with Crippen LogP contribution in [0.2, 0.25) is 5.02 Å². The van der Waals surface area contributed by atoms with Gasteiger partial charge in [-0.15, -0.1) is 0 Å². The zero-order chi connectivity index (χ0) is 26.4. The average molecular weight is 520 g/mol. The molecule has 10 nitrogen and oxygen atoms in total. The van der Waals surface area contributed by atoms with Crippen molar-refractivity contribution in [3.05, 3.63) is 92.5 Å². The first-order valence-electron chi connectivity index (χ1n) is 11.2. The molecule has 3 aromatic rings. The zero-order valence-electron chi connectivity index (χ0n) is 19.3. The molecule has 0 unspecified atom stereocenters. The number of nitrogens with zero attached hydrogens (tertiary/aromatic N) is 3. The molecule has 0 spiro atoms. The number of carbonyl (C=O) groups excluding carboxylic acids is 4. The molecule has 3 amide bonds. The Morgan fingerprint density at radius 3 is 2.51 bits per heavy atom. The number of anilines is 2. The van der Waals surface area contributed by atoms with Gasteiger partial charge in [-0.2, -0.15) is 0 Å². The first-order valence-corrected chi connectivity index (χ1v) is 11.6. The lowest BCUT2D eigenvalue weighted by molar-refractivity contribution is -0.385. The van der Waals surface area contributed by atoms with Gasteiger partial charge in [-0.1, -0.05) is 29.8 Å². The van der Waals surface area contributed by atoms with Gasteiger partial charge in [0.05, 0.1) is 22.1 Å². The fraction of sp³-hybridized carbons (Fsp3) is 0.154. The molecule has 11 heteroatoms. The third-order valence-corrected chi connectivity index (χ3v) is 6.72. The summed E-state index contributed by atoms with van der Waals surface area (Å²) in [4.78, 5) is 64.2. The Hall–Kier alpha value is -4.57. The molecule has 0 N–H and O–H groups in total. The molecule has 0 bridgehead atoms. The number of benzene rings is 3. The van der Waals surface area contributed by atoms with E-state index in [1.165, 1.54) is 41.3 Å². The van der Waals surface area contributed by atoms with Gasteiger partial charge >= 0.3 is 5.97 Å². The van der Waals surface area contributed by atoms with Crippen LogP contribution in [0, 0.1) is 23.0 Å². The van der Waals surface area contributed by atoms with Gasteiger partial charge in [0.25, 0.3) is 17.5 Å². The monoisotopic (exact) mass is 519 g/mol. The Labute approximate surface area is 215 Å². The third-order valence-electron chi connectivity index (χ3n) is 6.31. The van der Waals surface area contributed by atoms with Crippen LogP contribution >= 0.6 is 11.6 Å². The van der Waals surface area contributed by atoms with Gasteiger partial charge in [0.2, 0.25) is 5.91 Å². The Morgan fingerprint density at radius 2 is 1.78 bits per heavy atom. The van der Waals surface area contributed by atoms with Crippen molar-refractivity contribution in [2.45, 2.75) is 13.3 Å². The number of hydrogen-bond donors (Lipinski definition) is 0. The number of nitro benzene ring substituents is 1. The topological polar surface area (TPSA) is 127 Å². The summed E-state index contributed by atoms with van der Waals surface area (Å²) >= 11 is 6.17. The van der Waals surface area contributed by atoms with Gasteiger partial charge in [0.1, 0.15) is 11.3 Å². The second-order valence-electron chi connectivity index (χ2n) is 8.66. The Balaban J connectivity index is 1.34. The number of rotatable bonds is 5. The van der Waals surface area contributed by atoms with Crippen molar-refractivity contribution in [2.24, 2.45) is 5.92 Å². The second kappa shape index (κ2) is 9.14. The highest BCUT2D eigenvalue weighted by Crippen LogP contribution is 2.35. The molecule has 37 heavy (non-hydrogen) atoms. The van der Waals surface area contributed by atoms with E-state index in [-0.39, 0.29) is 41.4 Å². The number of amides is 3. The van der Waals surface area contributed by atoms with Crippen LogP contribution in [0.1, 0.15) is 32.7 Å². The highest BCUT2D eigenvalue weighted by Gasteiger charge is 2.42. The van der Waals surface area contributed by atoms with Crippen molar-refractivity contribution < 1.29 is 28.8 Å². The summed E-state index contributed by atoms with van der Waals surface area (Å²) in [5.41, 5.74) is 0.691. The van der Waals surface area contributed by atoms with Crippen LogP contribution in [0.25, 0.3) is 0 Å². The number of ether oxygens (including phenoxy) is 1. The highest BCUT2D eigenvalue weighted by molar-refractivity contribution is 6.35. The van der Waals surface area contributed by atoms with E-state index < -0.39 is 34.3 Å². The Morgan fingerprint density at radius 1 is 1.03 bits per heavy atom. The van der Waals surface area contributed by atoms with Crippen molar-refractivity contribution in [3.63, 3.8) is 0 Å². The standard InChI is InChI=1S/C26H18ClN3O7/c1-14-8-9-16(12-20(14)27)28-13-15(10-22(28)31)26(34)37-18-5-2-4-17(11-18)29-24(32)19-6-3-7-21(30(35)36)23(19)25(29)33/h2-9,11-12,15H,10,13H2,1H3/t15-/m0/s1. The lowest BCUT2D eigenvalue weighted by Crippen LogP contribution is -2.29. The van der Waals surface area contributed by atoms with E-state index >= 15 is 0 Å². The van der Waals surface area contributed by atoms with Crippen LogP contribution in [-0.2, 0) is 9.59 Å². The molecule has 186 valence electrons. The predicted octanol–water partition coefficient (Wildman–Crippen LogP) is 4.32. The summed E-state index contributed by atoms with van der Waals surface area (Å²) < 4.78 is 5.48. The number of fused-ring (bicyclic) bond motifs is 1. The molecule has 0 radical (unpaired) electrons. The van der Waals surface area contributed by atoms with Crippen LogP contribution < -0.4 is 14.5 Å². The van der Waals surface area contributed by atoms with E-state index in [1.54, 1.807) is 18.2 Å². The van der Waals surface area contributed by atoms with Gasteiger partial charge in [0, 0.05) is 35.8 Å². The summed E-state index contributed by atoms with van der Waals surface area (Å²) in [6, 6.07) is 14.8. The third kappa shape index (κ3) is 4.21. The molecule has 2 aliphatic heterocycles. The van der Waals surface area contributed by atoms with Gasteiger partial charge in [-0.3, -0.25) is 29.3 Å². The van der Waals surface area contributed by atoms with Crippen LogP contribution in [0.15, 0.2) is 60.7 Å². The first-order chi connectivity index (χ1) is 17.7. The number of esters is 1. The molecule has 0 aromatic heterocycles. The SMILES string of the molecule is Cc1ccc(N2C[C@@H](C(=O)Oc3cccc(N4C(=O)c5cccc([N+](=O)[O-])c5C4=O)c3)CC2=O)cc1Cl. The van der Waals surface area contributed by atoms with Gasteiger partial charge in [-0.25, -0.2) is 4.90 Å². The minimum absolute atomic E-state index is 0.0495. The minimum atomic E-state index is -0.843. The van der Waals surface area contributed by atoms with Crippen molar-refractivity contribution in [1.82, 2.24) is 0 Å². The quantitative estimate of drug-likeness (QED) is 0.161. The van der Waals surface area contributed by atoms with E-state index in [0.29, 0.717) is 10.7 Å². The van der Waals surface area contributed by atoms with Crippen LogP contribution in [0.3, 0.4) is 0 Å². The maximum Gasteiger partial charge on any atom is 0.316 e. The summed E-state index contributed by atoms with van der Waals surface area (Å²) in [5.74, 6) is -3.14. The summed E-state index contributed by atoms with van der Waals surface area (Å²) in [7, 11) is 0. The number of nitro groups is 1. The van der Waals surface area contributed by atoms with E-state index in [9.17, 15) is 29.3 Å². The summed E-state index contributed by atoms with van der Waals surface area (Å²) in [5, 5.41) is 11.9. The largest absolute Gasteiger partial charge is 0.426 e. The highest BCUT2D eigenvalue weighted by atomic mass is 35.5. The van der Waals surface area contributed by atoms with Crippen molar-refractivity contribution in [3.8, 4) is 5.75 Å². The molecule has 2 aliphatic rings. The lowest BCUT2D eigenvalue weighted by atomic mass is 10.1. The van der Waals surface area contributed by atoms with Crippen LogP contribution in [-0.4, -0.2) is 35.2 Å². The molecule has 1 saturated heterocycles. The number of halogens is 1. The maximum atomic E-state index is 13.0.